The van der Waals surface area contributed by atoms with Gasteiger partial charge in [0.2, 0.25) is 0 Å². The summed E-state index contributed by atoms with van der Waals surface area (Å²) in [5, 5.41) is 3.38. The highest BCUT2D eigenvalue weighted by Gasteiger charge is 2.12. The van der Waals surface area contributed by atoms with Gasteiger partial charge < -0.3 is 10.1 Å². The number of benzene rings is 1. The smallest absolute Gasteiger partial charge is 0.338 e. The van der Waals surface area contributed by atoms with Crippen LogP contribution in [0.25, 0.3) is 6.08 Å². The van der Waals surface area contributed by atoms with Crippen molar-refractivity contribution in [2.75, 3.05) is 19.7 Å². The van der Waals surface area contributed by atoms with Gasteiger partial charge in [-0.2, -0.15) is 0 Å². The standard InChI is InChI=1S/C18H25NO2/c1-4-21-18(20)16-11-13(2)17(14(3)12-16)6-5-15-7-9-19-10-8-15/h5-6,11-12,15,19H,4,7-10H2,1-3H3. The van der Waals surface area contributed by atoms with Crippen LogP contribution in [0.1, 0.15) is 46.8 Å². The number of esters is 1. The van der Waals surface area contributed by atoms with E-state index in [0.29, 0.717) is 18.1 Å². The molecule has 0 bridgehead atoms. The fraction of sp³-hybridized carbons (Fsp3) is 0.500. The fourth-order valence-electron chi connectivity index (χ4n) is 2.84. The zero-order chi connectivity index (χ0) is 15.2. The van der Waals surface area contributed by atoms with Gasteiger partial charge in [-0.15, -0.1) is 0 Å². The van der Waals surface area contributed by atoms with Crippen molar-refractivity contribution in [3.05, 3.63) is 40.5 Å². The highest BCUT2D eigenvalue weighted by atomic mass is 16.5. The minimum atomic E-state index is -0.238. The molecule has 1 saturated heterocycles. The molecule has 0 atom stereocenters. The van der Waals surface area contributed by atoms with Crippen molar-refractivity contribution < 1.29 is 9.53 Å². The van der Waals surface area contributed by atoms with Gasteiger partial charge in [0.1, 0.15) is 0 Å². The summed E-state index contributed by atoms with van der Waals surface area (Å²) < 4.78 is 5.07. The maximum Gasteiger partial charge on any atom is 0.338 e. The summed E-state index contributed by atoms with van der Waals surface area (Å²) in [5.41, 5.74) is 4.12. The zero-order valence-electron chi connectivity index (χ0n) is 13.2. The monoisotopic (exact) mass is 287 g/mol. The van der Waals surface area contributed by atoms with E-state index in [4.69, 9.17) is 4.74 Å². The van der Waals surface area contributed by atoms with Gasteiger partial charge in [-0.1, -0.05) is 12.2 Å². The number of hydrogen-bond donors (Lipinski definition) is 1. The summed E-state index contributed by atoms with van der Waals surface area (Å²) in [7, 11) is 0. The lowest BCUT2D eigenvalue weighted by atomic mass is 9.94. The first-order valence-corrected chi connectivity index (χ1v) is 7.79. The quantitative estimate of drug-likeness (QED) is 0.861. The van der Waals surface area contributed by atoms with Gasteiger partial charge in [0.05, 0.1) is 12.2 Å². The summed E-state index contributed by atoms with van der Waals surface area (Å²) in [5.74, 6) is 0.423. The van der Waals surface area contributed by atoms with Crippen molar-refractivity contribution in [1.29, 1.82) is 0 Å². The molecule has 0 unspecified atom stereocenters. The highest BCUT2D eigenvalue weighted by Crippen LogP contribution is 2.21. The number of aryl methyl sites for hydroxylation is 2. The van der Waals surface area contributed by atoms with Crippen molar-refractivity contribution in [2.24, 2.45) is 5.92 Å². The summed E-state index contributed by atoms with van der Waals surface area (Å²) in [6, 6.07) is 3.85. The molecule has 1 fully saturated rings. The molecule has 1 aliphatic rings. The average Bonchev–Trinajstić information content (AvgIpc) is 2.47. The lowest BCUT2D eigenvalue weighted by molar-refractivity contribution is 0.0526. The molecule has 1 aliphatic heterocycles. The van der Waals surface area contributed by atoms with Crippen LogP contribution in [0.3, 0.4) is 0 Å². The molecule has 3 heteroatoms. The first kappa shape index (κ1) is 15.8. The molecule has 0 radical (unpaired) electrons. The van der Waals surface area contributed by atoms with Gasteiger partial charge >= 0.3 is 5.97 Å². The van der Waals surface area contributed by atoms with E-state index < -0.39 is 0 Å². The number of carbonyl (C=O) groups excluding carboxylic acids is 1. The Hall–Kier alpha value is -1.61. The molecule has 21 heavy (non-hydrogen) atoms. The van der Waals surface area contributed by atoms with Gasteiger partial charge in [-0.05, 0) is 81.4 Å². The Morgan fingerprint density at radius 2 is 1.90 bits per heavy atom. The Bertz CT molecular complexity index is 505. The lowest BCUT2D eigenvalue weighted by Crippen LogP contribution is -2.26. The Balaban J connectivity index is 2.16. The molecule has 1 heterocycles. The molecule has 114 valence electrons. The molecule has 3 nitrogen and oxygen atoms in total. The number of rotatable bonds is 4. The Labute approximate surface area is 127 Å². The van der Waals surface area contributed by atoms with Crippen LogP contribution in [0.5, 0.6) is 0 Å². The van der Waals surface area contributed by atoms with Crippen LogP contribution in [-0.4, -0.2) is 25.7 Å². The van der Waals surface area contributed by atoms with Crippen LogP contribution < -0.4 is 5.32 Å². The minimum Gasteiger partial charge on any atom is -0.462 e. The Kier molecular flexibility index (Phi) is 5.57. The predicted molar refractivity (Wildman–Crippen MR) is 86.5 cm³/mol. The molecule has 1 aromatic rings. The second kappa shape index (κ2) is 7.41. The van der Waals surface area contributed by atoms with Crippen LogP contribution in [0, 0.1) is 19.8 Å². The number of ether oxygens (including phenoxy) is 1. The molecule has 0 aliphatic carbocycles. The highest BCUT2D eigenvalue weighted by molar-refractivity contribution is 5.90. The van der Waals surface area contributed by atoms with Crippen molar-refractivity contribution >= 4 is 12.0 Å². The van der Waals surface area contributed by atoms with E-state index in [1.807, 2.05) is 19.1 Å². The summed E-state index contributed by atoms with van der Waals surface area (Å²) in [6.45, 7) is 8.56. The maximum absolute atomic E-state index is 11.8. The van der Waals surface area contributed by atoms with Gasteiger partial charge in [-0.3, -0.25) is 0 Å². The number of hydrogen-bond acceptors (Lipinski definition) is 3. The fourth-order valence-corrected chi connectivity index (χ4v) is 2.84. The van der Waals surface area contributed by atoms with Crippen LogP contribution in [0.2, 0.25) is 0 Å². The normalized spacial score (nSPS) is 16.3. The van der Waals surface area contributed by atoms with E-state index in [9.17, 15) is 4.79 Å². The van der Waals surface area contributed by atoms with Crippen LogP contribution in [-0.2, 0) is 4.74 Å². The average molecular weight is 287 g/mol. The van der Waals surface area contributed by atoms with Crippen molar-refractivity contribution in [3.8, 4) is 0 Å². The summed E-state index contributed by atoms with van der Waals surface area (Å²) in [6.07, 6.45) is 6.95. The van der Waals surface area contributed by atoms with Crippen LogP contribution in [0.15, 0.2) is 18.2 Å². The van der Waals surface area contributed by atoms with E-state index in [1.165, 1.54) is 18.4 Å². The van der Waals surface area contributed by atoms with Crippen molar-refractivity contribution in [1.82, 2.24) is 5.32 Å². The van der Waals surface area contributed by atoms with E-state index in [-0.39, 0.29) is 5.97 Å². The minimum absolute atomic E-state index is 0.238. The lowest BCUT2D eigenvalue weighted by Gasteiger charge is -2.19. The van der Waals surface area contributed by atoms with Crippen molar-refractivity contribution in [2.45, 2.75) is 33.6 Å². The summed E-state index contributed by atoms with van der Waals surface area (Å²) >= 11 is 0. The molecular weight excluding hydrogens is 262 g/mol. The molecule has 1 N–H and O–H groups in total. The first-order valence-electron chi connectivity index (χ1n) is 7.79. The van der Waals surface area contributed by atoms with E-state index in [2.05, 4.69) is 31.3 Å². The number of allylic oxidation sites excluding steroid dienone is 1. The molecule has 0 spiro atoms. The summed E-state index contributed by atoms with van der Waals surface area (Å²) in [4.78, 5) is 11.8. The first-order chi connectivity index (χ1) is 10.1. The molecule has 0 aromatic heterocycles. The molecule has 0 amide bonds. The third-order valence-electron chi connectivity index (χ3n) is 4.02. The zero-order valence-corrected chi connectivity index (χ0v) is 13.2. The Morgan fingerprint density at radius 1 is 1.29 bits per heavy atom. The largest absolute Gasteiger partial charge is 0.462 e. The second-order valence-corrected chi connectivity index (χ2v) is 5.69. The molecule has 0 saturated carbocycles. The van der Waals surface area contributed by atoms with Crippen molar-refractivity contribution in [3.63, 3.8) is 0 Å². The van der Waals surface area contributed by atoms with E-state index in [1.54, 1.807) is 0 Å². The van der Waals surface area contributed by atoms with Crippen LogP contribution in [0.4, 0.5) is 0 Å². The molecule has 2 rings (SSSR count). The SMILES string of the molecule is CCOC(=O)c1cc(C)c(C=CC2CCNCC2)c(C)c1. The number of piperidine rings is 1. The van der Waals surface area contributed by atoms with Gasteiger partial charge in [0.15, 0.2) is 0 Å². The van der Waals surface area contributed by atoms with Gasteiger partial charge in [-0.25, -0.2) is 4.79 Å². The molecular formula is C18H25NO2. The van der Waals surface area contributed by atoms with Crippen LogP contribution >= 0.6 is 0 Å². The second-order valence-electron chi connectivity index (χ2n) is 5.69. The van der Waals surface area contributed by atoms with E-state index >= 15 is 0 Å². The number of carbonyl (C=O) groups is 1. The van der Waals surface area contributed by atoms with E-state index in [0.717, 1.165) is 24.2 Å². The molecule has 1 aromatic carbocycles. The number of nitrogens with one attached hydrogen (secondary N) is 1. The predicted octanol–water partition coefficient (Wildman–Crippen LogP) is 3.49. The van der Waals surface area contributed by atoms with Gasteiger partial charge in [0, 0.05) is 0 Å². The van der Waals surface area contributed by atoms with Gasteiger partial charge in [0.25, 0.3) is 0 Å². The maximum atomic E-state index is 11.8. The third kappa shape index (κ3) is 4.18. The Morgan fingerprint density at radius 3 is 2.48 bits per heavy atom. The third-order valence-corrected chi connectivity index (χ3v) is 4.02. The topological polar surface area (TPSA) is 38.3 Å².